The van der Waals surface area contributed by atoms with Crippen LogP contribution in [0.15, 0.2) is 42.5 Å². The second-order valence-electron chi connectivity index (χ2n) is 8.14. The molecule has 0 radical (unpaired) electrons. The van der Waals surface area contributed by atoms with Crippen LogP contribution < -0.4 is 20.1 Å². The molecule has 2 N–H and O–H groups in total. The van der Waals surface area contributed by atoms with E-state index in [0.717, 1.165) is 29.7 Å². The van der Waals surface area contributed by atoms with E-state index in [0.29, 0.717) is 31.1 Å². The number of hydrogen-bond donors (Lipinski definition) is 2. The van der Waals surface area contributed by atoms with Gasteiger partial charge in [-0.15, -0.1) is 0 Å². The molecule has 0 saturated carbocycles. The third-order valence-corrected chi connectivity index (χ3v) is 5.91. The minimum absolute atomic E-state index is 0.0426. The smallest absolute Gasteiger partial charge is 0.321 e. The molecule has 7 heteroatoms. The lowest BCUT2D eigenvalue weighted by Gasteiger charge is -2.21. The number of benzene rings is 2. The van der Waals surface area contributed by atoms with E-state index in [-0.39, 0.29) is 23.8 Å². The van der Waals surface area contributed by atoms with Crippen molar-refractivity contribution in [2.45, 2.75) is 32.6 Å². The number of rotatable bonds is 8. The van der Waals surface area contributed by atoms with Crippen LogP contribution in [0.25, 0.3) is 0 Å². The Morgan fingerprint density at radius 3 is 2.47 bits per heavy atom. The van der Waals surface area contributed by atoms with Crippen molar-refractivity contribution in [3.05, 3.63) is 53.6 Å². The summed E-state index contributed by atoms with van der Waals surface area (Å²) in [6.45, 7) is 5.46. The molecule has 2 atom stereocenters. The Morgan fingerprint density at radius 1 is 1.06 bits per heavy atom. The maximum atomic E-state index is 13.1. The third-order valence-electron chi connectivity index (χ3n) is 5.91. The van der Waals surface area contributed by atoms with Crippen LogP contribution in [0.4, 0.5) is 10.5 Å². The highest BCUT2D eigenvalue weighted by molar-refractivity contribution is 5.91. The molecule has 32 heavy (non-hydrogen) atoms. The van der Waals surface area contributed by atoms with E-state index in [1.807, 2.05) is 49.4 Å². The minimum Gasteiger partial charge on any atom is -0.493 e. The van der Waals surface area contributed by atoms with Crippen molar-refractivity contribution in [2.24, 2.45) is 5.92 Å². The predicted octanol–water partition coefficient (Wildman–Crippen LogP) is 4.18. The van der Waals surface area contributed by atoms with Crippen molar-refractivity contribution in [3.8, 4) is 11.5 Å². The molecule has 1 aliphatic heterocycles. The lowest BCUT2D eigenvalue weighted by Crippen LogP contribution is -2.37. The number of urea groups is 1. The zero-order chi connectivity index (χ0) is 23.1. The van der Waals surface area contributed by atoms with Crippen LogP contribution in [0.1, 0.15) is 36.8 Å². The second kappa shape index (κ2) is 10.9. The van der Waals surface area contributed by atoms with Gasteiger partial charge < -0.3 is 25.0 Å². The number of methoxy groups -OCH3 is 2. The molecule has 1 heterocycles. The maximum absolute atomic E-state index is 13.1. The molecule has 0 aliphatic carbocycles. The molecule has 1 fully saturated rings. The number of unbranched alkanes of at least 4 members (excludes halogenated alkanes) is 1. The molecule has 7 nitrogen and oxygen atoms in total. The second-order valence-corrected chi connectivity index (χ2v) is 8.14. The van der Waals surface area contributed by atoms with Crippen LogP contribution in [-0.4, -0.2) is 50.7 Å². The SMILES string of the molecule is CCCCNC(=O)C1CN(C(=O)Nc2ccc(C)cc2)CC1c1cccc(OC)c1OC. The molecule has 1 aliphatic rings. The molecule has 3 amide bonds. The first-order chi connectivity index (χ1) is 15.5. The van der Waals surface area contributed by atoms with Crippen LogP contribution in [0, 0.1) is 12.8 Å². The molecule has 2 unspecified atom stereocenters. The van der Waals surface area contributed by atoms with Crippen molar-refractivity contribution in [1.29, 1.82) is 0 Å². The van der Waals surface area contributed by atoms with Gasteiger partial charge in [0.15, 0.2) is 11.5 Å². The van der Waals surface area contributed by atoms with E-state index in [2.05, 4.69) is 17.6 Å². The largest absolute Gasteiger partial charge is 0.493 e. The van der Waals surface area contributed by atoms with E-state index >= 15 is 0 Å². The topological polar surface area (TPSA) is 79.9 Å². The average molecular weight is 440 g/mol. The normalized spacial score (nSPS) is 17.7. The standard InChI is InChI=1S/C25H33N3O4/c1-5-6-14-26-24(29)21-16-28(25(30)27-18-12-10-17(2)11-13-18)15-20(21)19-8-7-9-22(31-3)23(19)32-4/h7-13,20-21H,5-6,14-16H2,1-4H3,(H,26,29)(H,27,30). The molecule has 172 valence electrons. The number of para-hydroxylation sites is 1. The first-order valence-electron chi connectivity index (χ1n) is 11.1. The van der Waals surface area contributed by atoms with Crippen molar-refractivity contribution >= 4 is 17.6 Å². The van der Waals surface area contributed by atoms with E-state index in [1.165, 1.54) is 0 Å². The number of nitrogens with one attached hydrogen (secondary N) is 2. The number of carbonyl (C=O) groups is 2. The minimum atomic E-state index is -0.378. The van der Waals surface area contributed by atoms with Gasteiger partial charge in [0.25, 0.3) is 0 Å². The van der Waals surface area contributed by atoms with Crippen molar-refractivity contribution in [2.75, 3.05) is 39.2 Å². The number of aryl methyl sites for hydroxylation is 1. The zero-order valence-electron chi connectivity index (χ0n) is 19.3. The molecule has 2 aromatic rings. The summed E-state index contributed by atoms with van der Waals surface area (Å²) < 4.78 is 11.1. The van der Waals surface area contributed by atoms with Gasteiger partial charge in [-0.05, 0) is 31.5 Å². The average Bonchev–Trinajstić information content (AvgIpc) is 3.25. The summed E-state index contributed by atoms with van der Waals surface area (Å²) in [5.74, 6) is 0.589. The highest BCUT2D eigenvalue weighted by atomic mass is 16.5. The van der Waals surface area contributed by atoms with Crippen LogP contribution in [-0.2, 0) is 4.79 Å². The Labute approximate surface area is 190 Å². The van der Waals surface area contributed by atoms with Crippen LogP contribution in [0.5, 0.6) is 11.5 Å². The molecule has 3 rings (SSSR count). The van der Waals surface area contributed by atoms with E-state index in [1.54, 1.807) is 19.1 Å². The van der Waals surface area contributed by atoms with Gasteiger partial charge in [0.05, 0.1) is 20.1 Å². The summed E-state index contributed by atoms with van der Waals surface area (Å²) >= 11 is 0. The highest BCUT2D eigenvalue weighted by Gasteiger charge is 2.42. The molecule has 1 saturated heterocycles. The van der Waals surface area contributed by atoms with Gasteiger partial charge in [0.2, 0.25) is 5.91 Å². The van der Waals surface area contributed by atoms with Gasteiger partial charge in [-0.25, -0.2) is 4.79 Å². The van der Waals surface area contributed by atoms with Crippen LogP contribution >= 0.6 is 0 Å². The fourth-order valence-electron chi connectivity index (χ4n) is 4.11. The van der Waals surface area contributed by atoms with Crippen molar-refractivity contribution in [3.63, 3.8) is 0 Å². The van der Waals surface area contributed by atoms with Gasteiger partial charge in [-0.1, -0.05) is 43.2 Å². The molecule has 0 bridgehead atoms. The highest BCUT2D eigenvalue weighted by Crippen LogP contribution is 2.42. The fourth-order valence-corrected chi connectivity index (χ4v) is 4.11. The van der Waals surface area contributed by atoms with E-state index in [9.17, 15) is 9.59 Å². The van der Waals surface area contributed by atoms with Gasteiger partial charge in [0.1, 0.15) is 0 Å². The molecular formula is C25H33N3O4. The summed E-state index contributed by atoms with van der Waals surface area (Å²) in [6, 6.07) is 13.1. The fraction of sp³-hybridized carbons (Fsp3) is 0.440. The summed E-state index contributed by atoms with van der Waals surface area (Å²) in [4.78, 5) is 27.8. The Hall–Kier alpha value is -3.22. The van der Waals surface area contributed by atoms with Gasteiger partial charge in [-0.3, -0.25) is 4.79 Å². The molecule has 2 aromatic carbocycles. The van der Waals surface area contributed by atoms with E-state index < -0.39 is 0 Å². The molecule has 0 aromatic heterocycles. The number of hydrogen-bond acceptors (Lipinski definition) is 4. The Bertz CT molecular complexity index is 929. The van der Waals surface area contributed by atoms with Gasteiger partial charge in [0, 0.05) is 36.8 Å². The van der Waals surface area contributed by atoms with Crippen LogP contribution in [0.3, 0.4) is 0 Å². The first kappa shape index (κ1) is 23.4. The number of carbonyl (C=O) groups excluding carboxylic acids is 2. The van der Waals surface area contributed by atoms with Gasteiger partial charge >= 0.3 is 6.03 Å². The number of amides is 3. The molecule has 0 spiro atoms. The first-order valence-corrected chi connectivity index (χ1v) is 11.1. The zero-order valence-corrected chi connectivity index (χ0v) is 19.3. The monoisotopic (exact) mass is 439 g/mol. The van der Waals surface area contributed by atoms with Gasteiger partial charge in [-0.2, -0.15) is 0 Å². The molecular weight excluding hydrogens is 406 g/mol. The summed E-state index contributed by atoms with van der Waals surface area (Å²) in [7, 11) is 3.18. The lowest BCUT2D eigenvalue weighted by atomic mass is 9.87. The Kier molecular flexibility index (Phi) is 7.98. The number of likely N-dealkylation sites (tertiary alicyclic amines) is 1. The summed E-state index contributed by atoms with van der Waals surface area (Å²) in [5, 5.41) is 5.98. The quantitative estimate of drug-likeness (QED) is 0.605. The van der Waals surface area contributed by atoms with Crippen LogP contribution in [0.2, 0.25) is 0 Å². The number of nitrogens with zero attached hydrogens (tertiary/aromatic N) is 1. The Morgan fingerprint density at radius 2 is 1.81 bits per heavy atom. The number of ether oxygens (including phenoxy) is 2. The predicted molar refractivity (Wildman–Crippen MR) is 125 cm³/mol. The van der Waals surface area contributed by atoms with Crippen molar-refractivity contribution < 1.29 is 19.1 Å². The summed E-state index contributed by atoms with van der Waals surface area (Å²) in [5.41, 5.74) is 2.72. The Balaban J connectivity index is 1.85. The number of anilines is 1. The lowest BCUT2D eigenvalue weighted by molar-refractivity contribution is -0.124. The van der Waals surface area contributed by atoms with Crippen molar-refractivity contribution in [1.82, 2.24) is 10.2 Å². The third kappa shape index (κ3) is 5.33. The maximum Gasteiger partial charge on any atom is 0.321 e. The summed E-state index contributed by atoms with van der Waals surface area (Å²) in [6.07, 6.45) is 1.92. The van der Waals surface area contributed by atoms with E-state index in [4.69, 9.17) is 9.47 Å².